The number of rotatable bonds is 3. The Balaban J connectivity index is 0.000000491. The zero-order chi connectivity index (χ0) is 15.8. The summed E-state index contributed by atoms with van der Waals surface area (Å²) < 4.78 is 5.15. The number of ether oxygens (including phenoxy) is 1. The van der Waals surface area contributed by atoms with Gasteiger partial charge in [-0.15, -0.1) is 0 Å². The molecule has 0 aliphatic rings. The lowest BCUT2D eigenvalue weighted by Crippen LogP contribution is -2.01. The summed E-state index contributed by atoms with van der Waals surface area (Å²) in [5.41, 5.74) is 2.39. The average molecular weight is 304 g/mol. The van der Waals surface area contributed by atoms with Gasteiger partial charge in [0.05, 0.1) is 7.11 Å². The molecular weight excluding hydrogens is 280 g/mol. The van der Waals surface area contributed by atoms with Crippen LogP contribution < -0.4 is 4.74 Å². The lowest BCUT2D eigenvalue weighted by molar-refractivity contribution is 0.414. The highest BCUT2D eigenvalue weighted by molar-refractivity contribution is 6.32. The van der Waals surface area contributed by atoms with Crippen molar-refractivity contribution in [3.8, 4) is 5.75 Å². The van der Waals surface area contributed by atoms with E-state index in [4.69, 9.17) is 16.3 Å². The third-order valence-corrected chi connectivity index (χ3v) is 3.33. The van der Waals surface area contributed by atoms with Crippen LogP contribution in [0.1, 0.15) is 16.9 Å². The van der Waals surface area contributed by atoms with E-state index in [1.807, 2.05) is 56.4 Å². The van der Waals surface area contributed by atoms with Crippen LogP contribution in [0.2, 0.25) is 5.02 Å². The Labute approximate surface area is 134 Å². The molecule has 0 aliphatic carbocycles. The van der Waals surface area contributed by atoms with E-state index in [9.17, 15) is 0 Å². The Morgan fingerprint density at radius 1 is 1.00 bits per heavy atom. The molecule has 2 aromatic carbocycles. The fourth-order valence-corrected chi connectivity index (χ4v) is 2.20. The van der Waals surface area contributed by atoms with Crippen LogP contribution in [0.5, 0.6) is 5.75 Å². The minimum Gasteiger partial charge on any atom is -0.497 e. The van der Waals surface area contributed by atoms with Gasteiger partial charge in [-0.1, -0.05) is 41.9 Å². The van der Waals surface area contributed by atoms with E-state index in [0.717, 1.165) is 16.3 Å². The van der Waals surface area contributed by atoms with E-state index in [2.05, 4.69) is 26.0 Å². The molecule has 0 bridgehead atoms. The Morgan fingerprint density at radius 3 is 2.00 bits per heavy atom. The van der Waals surface area contributed by atoms with Crippen molar-refractivity contribution in [2.45, 2.75) is 5.82 Å². The molecule has 1 atom stereocenters. The Hall–Kier alpha value is -1.45. The van der Waals surface area contributed by atoms with Gasteiger partial charge in [0, 0.05) is 5.02 Å². The summed E-state index contributed by atoms with van der Waals surface area (Å²) in [5.74, 6) is 1.16. The minimum absolute atomic E-state index is 0.287. The van der Waals surface area contributed by atoms with Crippen LogP contribution in [-0.2, 0) is 0 Å². The fraction of sp³-hybridized carbons (Fsp3) is 0.294. The third-order valence-electron chi connectivity index (χ3n) is 2.99. The van der Waals surface area contributed by atoms with Gasteiger partial charge < -0.3 is 9.64 Å². The monoisotopic (exact) mass is 303 g/mol. The maximum atomic E-state index is 6.20. The maximum absolute atomic E-state index is 6.20. The van der Waals surface area contributed by atoms with E-state index in [1.165, 1.54) is 5.56 Å². The quantitative estimate of drug-likeness (QED) is 0.807. The predicted octanol–water partition coefficient (Wildman–Crippen LogP) is 3.25. The molecular formula is C17H23BClNO. The first kappa shape index (κ1) is 17.6. The zero-order valence-electron chi connectivity index (χ0n) is 13.4. The van der Waals surface area contributed by atoms with Crippen molar-refractivity contribution in [2.24, 2.45) is 0 Å². The summed E-state index contributed by atoms with van der Waals surface area (Å²) in [6, 6.07) is 16.1. The van der Waals surface area contributed by atoms with Crippen molar-refractivity contribution in [2.75, 3.05) is 28.3 Å². The van der Waals surface area contributed by atoms with Gasteiger partial charge in [-0.2, -0.15) is 0 Å². The first-order chi connectivity index (χ1) is 9.95. The van der Waals surface area contributed by atoms with Crippen molar-refractivity contribution in [1.82, 2.24) is 4.90 Å². The molecule has 4 heteroatoms. The minimum atomic E-state index is 0.287. The van der Waals surface area contributed by atoms with Crippen LogP contribution in [0.3, 0.4) is 0 Å². The van der Waals surface area contributed by atoms with Gasteiger partial charge in [0.1, 0.15) is 13.6 Å². The lowest BCUT2D eigenvalue weighted by atomic mass is 9.76. The van der Waals surface area contributed by atoms with Gasteiger partial charge >= 0.3 is 0 Å². The van der Waals surface area contributed by atoms with Crippen molar-refractivity contribution in [3.05, 3.63) is 64.7 Å². The SMILES string of the molecule is BC(c1ccc(OC)cc1)c1ccccc1Cl.CN(C)C. The lowest BCUT2D eigenvalue weighted by Gasteiger charge is -2.14. The van der Waals surface area contributed by atoms with Crippen LogP contribution in [0.15, 0.2) is 48.5 Å². The summed E-state index contributed by atoms with van der Waals surface area (Å²) in [5, 5.41) is 0.816. The first-order valence-corrected chi connectivity index (χ1v) is 7.32. The summed E-state index contributed by atoms with van der Waals surface area (Å²) in [7, 11) is 9.83. The molecule has 0 saturated carbocycles. The van der Waals surface area contributed by atoms with E-state index in [-0.39, 0.29) is 5.82 Å². The molecule has 0 aliphatic heterocycles. The van der Waals surface area contributed by atoms with Gasteiger partial charge in [-0.25, -0.2) is 0 Å². The summed E-state index contributed by atoms with van der Waals surface area (Å²) in [4.78, 5) is 2.00. The maximum Gasteiger partial charge on any atom is 0.118 e. The fourth-order valence-electron chi connectivity index (χ4n) is 1.90. The van der Waals surface area contributed by atoms with E-state index in [1.54, 1.807) is 7.11 Å². The van der Waals surface area contributed by atoms with Crippen LogP contribution in [-0.4, -0.2) is 41.0 Å². The van der Waals surface area contributed by atoms with Gasteiger partial charge in [-0.05, 0) is 56.3 Å². The molecule has 2 nitrogen and oxygen atoms in total. The van der Waals surface area contributed by atoms with Gasteiger partial charge in [-0.3, -0.25) is 0 Å². The number of benzene rings is 2. The van der Waals surface area contributed by atoms with Gasteiger partial charge in [0.2, 0.25) is 0 Å². The van der Waals surface area contributed by atoms with E-state index < -0.39 is 0 Å². The van der Waals surface area contributed by atoms with Gasteiger partial charge in [0.25, 0.3) is 0 Å². The van der Waals surface area contributed by atoms with Crippen LogP contribution in [0.25, 0.3) is 0 Å². The smallest absolute Gasteiger partial charge is 0.118 e. The van der Waals surface area contributed by atoms with E-state index >= 15 is 0 Å². The molecule has 0 saturated heterocycles. The molecule has 0 fully saturated rings. The number of hydrogen-bond donors (Lipinski definition) is 0. The van der Waals surface area contributed by atoms with Crippen molar-refractivity contribution < 1.29 is 4.74 Å². The van der Waals surface area contributed by atoms with Gasteiger partial charge in [0.15, 0.2) is 0 Å². The van der Waals surface area contributed by atoms with E-state index in [0.29, 0.717) is 0 Å². The highest BCUT2D eigenvalue weighted by Gasteiger charge is 2.11. The Bertz CT molecular complexity index is 540. The summed E-state index contributed by atoms with van der Waals surface area (Å²) >= 11 is 6.20. The second-order valence-corrected chi connectivity index (χ2v) is 5.77. The first-order valence-electron chi connectivity index (χ1n) is 6.95. The standard InChI is InChI=1S/C14H14BClO.C3H9N/c1-17-11-8-6-10(7-9-11)14(15)12-4-2-3-5-13(12)16;1-4(2)3/h2-9,14H,15H2,1H3;1-3H3. The molecule has 0 aromatic heterocycles. The van der Waals surface area contributed by atoms with Crippen molar-refractivity contribution in [3.63, 3.8) is 0 Å². The second-order valence-electron chi connectivity index (χ2n) is 5.36. The largest absolute Gasteiger partial charge is 0.497 e. The highest BCUT2D eigenvalue weighted by Crippen LogP contribution is 2.28. The predicted molar refractivity (Wildman–Crippen MR) is 94.4 cm³/mol. The molecule has 0 radical (unpaired) electrons. The molecule has 2 rings (SSSR count). The third kappa shape index (κ3) is 5.82. The number of halogens is 1. The molecule has 21 heavy (non-hydrogen) atoms. The van der Waals surface area contributed by atoms with Crippen LogP contribution >= 0.6 is 11.6 Å². The molecule has 2 aromatic rings. The second kappa shape index (κ2) is 8.76. The normalized spacial score (nSPS) is 11.5. The zero-order valence-corrected chi connectivity index (χ0v) is 14.2. The number of nitrogens with zero attached hydrogens (tertiary/aromatic N) is 1. The molecule has 0 spiro atoms. The molecule has 112 valence electrons. The highest BCUT2D eigenvalue weighted by atomic mass is 35.5. The van der Waals surface area contributed by atoms with Crippen LogP contribution in [0, 0.1) is 0 Å². The number of hydrogen-bond acceptors (Lipinski definition) is 2. The van der Waals surface area contributed by atoms with Crippen LogP contribution in [0.4, 0.5) is 0 Å². The summed E-state index contributed by atoms with van der Waals surface area (Å²) in [6.07, 6.45) is 0. The average Bonchev–Trinajstić information content (AvgIpc) is 2.46. The topological polar surface area (TPSA) is 12.5 Å². The Kier molecular flexibility index (Phi) is 7.34. The Morgan fingerprint density at radius 2 is 1.52 bits per heavy atom. The molecule has 0 N–H and O–H groups in total. The molecule has 1 unspecified atom stereocenters. The molecule has 0 heterocycles. The molecule has 0 amide bonds. The number of methoxy groups -OCH3 is 1. The van der Waals surface area contributed by atoms with Crippen molar-refractivity contribution >= 4 is 19.4 Å². The van der Waals surface area contributed by atoms with Crippen molar-refractivity contribution in [1.29, 1.82) is 0 Å². The summed E-state index contributed by atoms with van der Waals surface area (Å²) in [6.45, 7) is 0.